The van der Waals surface area contributed by atoms with Crippen molar-refractivity contribution in [2.75, 3.05) is 19.3 Å². The van der Waals surface area contributed by atoms with Crippen LogP contribution in [0.1, 0.15) is 41.7 Å². The summed E-state index contributed by atoms with van der Waals surface area (Å²) >= 11 is 0. The van der Waals surface area contributed by atoms with Crippen LogP contribution >= 0.6 is 0 Å². The lowest BCUT2D eigenvalue weighted by Gasteiger charge is -2.36. The van der Waals surface area contributed by atoms with Gasteiger partial charge in [-0.25, -0.2) is 15.0 Å². The molecule has 1 aliphatic heterocycles. The summed E-state index contributed by atoms with van der Waals surface area (Å²) in [4.78, 5) is 39.7. The first kappa shape index (κ1) is 24.6. The number of ether oxygens (including phenoxy) is 1. The van der Waals surface area contributed by atoms with Gasteiger partial charge in [-0.05, 0) is 37.3 Å². The number of aliphatic hydroxyl groups is 2. The van der Waals surface area contributed by atoms with E-state index in [4.69, 9.17) is 10.5 Å². The summed E-state index contributed by atoms with van der Waals surface area (Å²) in [7, 11) is 1.41. The van der Waals surface area contributed by atoms with Crippen LogP contribution in [0.2, 0.25) is 0 Å². The van der Waals surface area contributed by atoms with E-state index < -0.39 is 30.4 Å². The Kier molecular flexibility index (Phi) is 6.75. The highest BCUT2D eigenvalue weighted by Crippen LogP contribution is 2.32. The number of rotatable bonds is 5. The fourth-order valence-corrected chi connectivity index (χ4v) is 4.44. The van der Waals surface area contributed by atoms with Crippen LogP contribution in [0.3, 0.4) is 0 Å². The van der Waals surface area contributed by atoms with Crippen molar-refractivity contribution in [1.82, 2.24) is 29.7 Å². The Hall–Kier alpha value is -4.05. The zero-order chi connectivity index (χ0) is 26.1. The number of nitrogens with one attached hydrogen (secondary N) is 1. The van der Waals surface area contributed by atoms with Gasteiger partial charge in [0.2, 0.25) is 5.82 Å². The van der Waals surface area contributed by atoms with Crippen LogP contribution in [0.5, 0.6) is 0 Å². The molecule has 37 heavy (non-hydrogen) atoms. The number of hydrogen-bond acceptors (Lipinski definition) is 9. The molecule has 0 radical (unpaired) electrons. The minimum atomic E-state index is -1.44. The van der Waals surface area contributed by atoms with E-state index in [0.29, 0.717) is 5.56 Å². The largest absolute Gasteiger partial charge is 0.387 e. The normalized spacial score (nSPS) is 23.2. The Labute approximate surface area is 212 Å². The third kappa shape index (κ3) is 4.60. The molecule has 2 fully saturated rings. The van der Waals surface area contributed by atoms with Gasteiger partial charge in [-0.3, -0.25) is 14.2 Å². The predicted octanol–water partition coefficient (Wildman–Crippen LogP) is -0.180. The number of imidazole rings is 1. The van der Waals surface area contributed by atoms with Crippen molar-refractivity contribution in [1.29, 1.82) is 0 Å². The van der Waals surface area contributed by atoms with Gasteiger partial charge < -0.3 is 30.9 Å². The Bertz CT molecular complexity index is 1380. The van der Waals surface area contributed by atoms with Crippen LogP contribution < -0.4 is 11.1 Å². The Morgan fingerprint density at radius 1 is 1.22 bits per heavy atom. The molecule has 1 aliphatic carbocycles. The molecule has 2 amide bonds. The lowest BCUT2D eigenvalue weighted by molar-refractivity contribution is -0.137. The second-order valence-corrected chi connectivity index (χ2v) is 8.98. The monoisotopic (exact) mass is 505 g/mol. The molecule has 1 saturated carbocycles. The molecule has 192 valence electrons. The van der Waals surface area contributed by atoms with Gasteiger partial charge in [0.05, 0.1) is 12.9 Å². The van der Waals surface area contributed by atoms with E-state index in [9.17, 15) is 19.8 Å². The van der Waals surface area contributed by atoms with E-state index in [1.807, 2.05) is 18.2 Å². The molecule has 4 atom stereocenters. The Balaban J connectivity index is 1.40. The van der Waals surface area contributed by atoms with E-state index in [2.05, 4.69) is 32.1 Å². The first-order valence-electron chi connectivity index (χ1n) is 12.0. The number of nitrogens with two attached hydrogens (primary N) is 1. The minimum absolute atomic E-state index is 0.0696. The average molecular weight is 506 g/mol. The zero-order valence-electron chi connectivity index (χ0n) is 20.1. The molecule has 12 heteroatoms. The van der Waals surface area contributed by atoms with Crippen molar-refractivity contribution in [2.24, 2.45) is 0 Å². The van der Waals surface area contributed by atoms with Crippen molar-refractivity contribution < 1.29 is 24.5 Å². The van der Waals surface area contributed by atoms with E-state index in [1.54, 1.807) is 17.0 Å². The summed E-state index contributed by atoms with van der Waals surface area (Å²) in [6.45, 7) is 0.198. The summed E-state index contributed by atoms with van der Waals surface area (Å²) in [6.07, 6.45) is -0.970. The first-order valence-corrected chi connectivity index (χ1v) is 12.0. The molecule has 5 rings (SSSR count). The topological polar surface area (TPSA) is 169 Å². The standard InChI is InChI=1S/C25H27N7O5/c1-27-23(35)20-18(33)19(34)25(37-20)32-13-28-17-21(26)29-16(30-22(17)32)11-6-12-31(15-9-5-10-15)24(36)14-7-3-2-4-8-14/h2-4,7-8,13,15,18-20,25,33-34H,5,9-10,12H2,1H3,(H,27,35)(H2,26,29,30)/t18-,19+,20-,25+/m0/s1. The van der Waals surface area contributed by atoms with Gasteiger partial charge in [-0.15, -0.1) is 0 Å². The second kappa shape index (κ2) is 10.1. The molecule has 12 nitrogen and oxygen atoms in total. The van der Waals surface area contributed by atoms with Crippen LogP contribution in [0.25, 0.3) is 11.2 Å². The zero-order valence-corrected chi connectivity index (χ0v) is 20.1. The molecule has 1 saturated heterocycles. The molecule has 0 bridgehead atoms. The maximum Gasteiger partial charge on any atom is 0.254 e. The van der Waals surface area contributed by atoms with Crippen molar-refractivity contribution in [3.63, 3.8) is 0 Å². The maximum atomic E-state index is 13.1. The molecule has 5 N–H and O–H groups in total. The summed E-state index contributed by atoms with van der Waals surface area (Å²) < 4.78 is 7.01. The third-order valence-electron chi connectivity index (χ3n) is 6.71. The summed E-state index contributed by atoms with van der Waals surface area (Å²) in [5.74, 6) is 5.39. The summed E-state index contributed by atoms with van der Waals surface area (Å²) in [5, 5.41) is 23.2. The van der Waals surface area contributed by atoms with Crippen molar-refractivity contribution in [2.45, 2.75) is 49.8 Å². The SMILES string of the molecule is CNC(=O)[C@H]1O[C@@H](n2cnc3c(N)nc(C#CCN(C(=O)c4ccccc4)C4CCC4)nc32)[C@H](O)[C@@H]1O. The van der Waals surface area contributed by atoms with Crippen LogP contribution in [-0.2, 0) is 9.53 Å². The number of carbonyl (C=O) groups is 2. The number of aromatic nitrogens is 4. The van der Waals surface area contributed by atoms with E-state index in [1.165, 1.54) is 17.9 Å². The van der Waals surface area contributed by atoms with Gasteiger partial charge in [0.1, 0.15) is 17.7 Å². The first-order chi connectivity index (χ1) is 17.9. The van der Waals surface area contributed by atoms with E-state index >= 15 is 0 Å². The van der Waals surface area contributed by atoms with Gasteiger partial charge >= 0.3 is 0 Å². The van der Waals surface area contributed by atoms with Crippen LogP contribution in [0.4, 0.5) is 5.82 Å². The molecule has 0 unspecified atom stereocenters. The number of aliphatic hydroxyl groups excluding tert-OH is 2. The minimum Gasteiger partial charge on any atom is -0.387 e. The van der Waals surface area contributed by atoms with Crippen molar-refractivity contribution >= 4 is 28.8 Å². The fourth-order valence-electron chi connectivity index (χ4n) is 4.44. The number of nitrogen functional groups attached to an aromatic ring is 1. The van der Waals surface area contributed by atoms with Gasteiger partial charge in [-0.2, -0.15) is 0 Å². The number of hydrogen-bond donors (Lipinski definition) is 4. The quantitative estimate of drug-likeness (QED) is 0.344. The fraction of sp³-hybridized carbons (Fsp3) is 0.400. The summed E-state index contributed by atoms with van der Waals surface area (Å²) in [5.41, 5.74) is 7.18. The molecule has 2 aliphatic rings. The van der Waals surface area contributed by atoms with Crippen LogP contribution in [-0.4, -0.2) is 84.4 Å². The van der Waals surface area contributed by atoms with Crippen LogP contribution in [0.15, 0.2) is 36.7 Å². The molecule has 2 aromatic heterocycles. The summed E-state index contributed by atoms with van der Waals surface area (Å²) in [6, 6.07) is 9.22. The maximum absolute atomic E-state index is 13.1. The van der Waals surface area contributed by atoms with Crippen molar-refractivity contribution in [3.8, 4) is 11.8 Å². The van der Waals surface area contributed by atoms with Crippen molar-refractivity contribution in [3.05, 3.63) is 48.0 Å². The molecule has 3 heterocycles. The number of nitrogens with zero attached hydrogens (tertiary/aromatic N) is 5. The molecule has 1 aromatic carbocycles. The van der Waals surface area contributed by atoms with E-state index in [0.717, 1.165) is 19.3 Å². The molecule has 0 spiro atoms. The number of amides is 2. The van der Waals surface area contributed by atoms with E-state index in [-0.39, 0.29) is 41.3 Å². The number of likely N-dealkylation sites (N-methyl/N-ethyl adjacent to an activating group) is 1. The van der Waals surface area contributed by atoms with Gasteiger partial charge in [-0.1, -0.05) is 24.1 Å². The number of benzene rings is 1. The van der Waals surface area contributed by atoms with Gasteiger partial charge in [0.15, 0.2) is 23.8 Å². The second-order valence-electron chi connectivity index (χ2n) is 8.98. The smallest absolute Gasteiger partial charge is 0.254 e. The lowest BCUT2D eigenvalue weighted by Crippen LogP contribution is -2.44. The molecule has 3 aromatic rings. The Morgan fingerprint density at radius 3 is 2.65 bits per heavy atom. The number of carbonyl (C=O) groups excluding carboxylic acids is 2. The third-order valence-corrected chi connectivity index (χ3v) is 6.71. The van der Waals surface area contributed by atoms with Gasteiger partial charge in [0.25, 0.3) is 11.8 Å². The highest BCUT2D eigenvalue weighted by atomic mass is 16.6. The van der Waals surface area contributed by atoms with Crippen LogP contribution in [0, 0.1) is 11.8 Å². The highest BCUT2D eigenvalue weighted by molar-refractivity contribution is 5.94. The number of fused-ring (bicyclic) bond motifs is 1. The molecular weight excluding hydrogens is 478 g/mol. The number of anilines is 1. The highest BCUT2D eigenvalue weighted by Gasteiger charge is 2.47. The van der Waals surface area contributed by atoms with Gasteiger partial charge in [0, 0.05) is 18.7 Å². The lowest BCUT2D eigenvalue weighted by atomic mass is 9.91. The Morgan fingerprint density at radius 2 is 1.97 bits per heavy atom. The molecular formula is C25H27N7O5. The average Bonchev–Trinajstić information content (AvgIpc) is 3.43. The predicted molar refractivity (Wildman–Crippen MR) is 132 cm³/mol.